The number of amides is 1. The van der Waals surface area contributed by atoms with Gasteiger partial charge in [0.25, 0.3) is 0 Å². The van der Waals surface area contributed by atoms with Gasteiger partial charge in [-0.2, -0.15) is 5.10 Å². The lowest BCUT2D eigenvalue weighted by molar-refractivity contribution is -0.129. The van der Waals surface area contributed by atoms with Crippen LogP contribution in [0.5, 0.6) is 0 Å². The number of nitrogens with one attached hydrogen (secondary N) is 1. The van der Waals surface area contributed by atoms with Crippen LogP contribution in [0.15, 0.2) is 30.2 Å². The van der Waals surface area contributed by atoms with E-state index in [-0.39, 0.29) is 11.9 Å². The Morgan fingerprint density at radius 1 is 1.47 bits per heavy atom. The van der Waals surface area contributed by atoms with E-state index in [1.165, 1.54) is 6.33 Å². The van der Waals surface area contributed by atoms with Crippen LogP contribution in [0.1, 0.15) is 10.9 Å². The van der Waals surface area contributed by atoms with Gasteiger partial charge in [0.2, 0.25) is 5.91 Å². The van der Waals surface area contributed by atoms with E-state index < -0.39 is 0 Å². The second-order valence-electron chi connectivity index (χ2n) is 4.40. The number of thiophene rings is 1. The highest BCUT2D eigenvalue weighted by atomic mass is 32.1. The summed E-state index contributed by atoms with van der Waals surface area (Å²) in [5, 5.41) is 9.03. The first kappa shape index (κ1) is 12.3. The summed E-state index contributed by atoms with van der Waals surface area (Å²) in [6, 6.07) is 3.83. The minimum atomic E-state index is -0.169. The predicted octanol–water partition coefficient (Wildman–Crippen LogP) is 0.513. The molecule has 7 heteroatoms. The Bertz CT molecular complexity index is 524. The molecule has 1 aliphatic rings. The maximum absolute atomic E-state index is 12.1. The Kier molecular flexibility index (Phi) is 3.56. The van der Waals surface area contributed by atoms with Crippen molar-refractivity contribution in [2.24, 2.45) is 0 Å². The zero-order valence-corrected chi connectivity index (χ0v) is 11.2. The highest BCUT2D eigenvalue weighted by molar-refractivity contribution is 7.10. The van der Waals surface area contributed by atoms with Gasteiger partial charge in [0.05, 0.1) is 6.54 Å². The topological polar surface area (TPSA) is 63.1 Å². The summed E-state index contributed by atoms with van der Waals surface area (Å²) in [5.74, 6) is 0.0901. The third kappa shape index (κ3) is 2.66. The van der Waals surface area contributed by atoms with Gasteiger partial charge in [-0.1, -0.05) is 6.07 Å². The highest BCUT2D eigenvalue weighted by Gasteiger charge is 2.31. The first-order valence-corrected chi connectivity index (χ1v) is 7.10. The molecule has 0 bridgehead atoms. The van der Waals surface area contributed by atoms with Gasteiger partial charge in [0.1, 0.15) is 18.7 Å². The van der Waals surface area contributed by atoms with Crippen molar-refractivity contribution in [2.75, 3.05) is 19.6 Å². The normalized spacial score (nSPS) is 20.4. The average Bonchev–Trinajstić information content (AvgIpc) is 3.09. The molecule has 0 aliphatic carbocycles. The van der Waals surface area contributed by atoms with Crippen molar-refractivity contribution < 1.29 is 4.79 Å². The maximum atomic E-state index is 12.1. The summed E-state index contributed by atoms with van der Waals surface area (Å²) in [4.78, 5) is 19.3. The summed E-state index contributed by atoms with van der Waals surface area (Å²) in [6.07, 6.45) is 3.23. The number of carbonyl (C=O) groups is 1. The van der Waals surface area contributed by atoms with Crippen molar-refractivity contribution in [3.05, 3.63) is 35.0 Å². The number of hydrogen-bond donors (Lipinski definition) is 1. The second kappa shape index (κ2) is 5.50. The molecule has 2 aromatic rings. The molecule has 0 radical (unpaired) electrons. The first-order chi connectivity index (χ1) is 9.34. The highest BCUT2D eigenvalue weighted by Crippen LogP contribution is 2.26. The van der Waals surface area contributed by atoms with Crippen molar-refractivity contribution in [1.82, 2.24) is 25.0 Å². The average molecular weight is 277 g/mol. The molecular weight excluding hydrogens is 262 g/mol. The Balaban J connectivity index is 1.72. The minimum absolute atomic E-state index is 0.0901. The molecule has 1 amide bonds. The third-order valence-corrected chi connectivity index (χ3v) is 4.13. The molecule has 1 N–H and O–H groups in total. The first-order valence-electron chi connectivity index (χ1n) is 6.22. The number of nitrogens with zero attached hydrogens (tertiary/aromatic N) is 4. The number of hydrogen-bond acceptors (Lipinski definition) is 5. The van der Waals surface area contributed by atoms with Crippen LogP contribution in [0, 0.1) is 0 Å². The molecule has 1 atom stereocenters. The van der Waals surface area contributed by atoms with Gasteiger partial charge < -0.3 is 5.32 Å². The summed E-state index contributed by atoms with van der Waals surface area (Å²) in [6.45, 7) is 3.11. The van der Waals surface area contributed by atoms with Crippen molar-refractivity contribution in [3.8, 4) is 0 Å². The molecule has 6 nitrogen and oxygen atoms in total. The zero-order valence-electron chi connectivity index (χ0n) is 10.4. The number of aromatic nitrogens is 3. The van der Waals surface area contributed by atoms with Crippen molar-refractivity contribution in [2.45, 2.75) is 12.6 Å². The van der Waals surface area contributed by atoms with Crippen LogP contribution < -0.4 is 5.32 Å². The van der Waals surface area contributed by atoms with Gasteiger partial charge >= 0.3 is 0 Å². The van der Waals surface area contributed by atoms with E-state index in [0.717, 1.165) is 24.5 Å². The molecule has 0 spiro atoms. The second-order valence-corrected chi connectivity index (χ2v) is 5.38. The van der Waals surface area contributed by atoms with Gasteiger partial charge in [0, 0.05) is 24.5 Å². The van der Waals surface area contributed by atoms with E-state index in [4.69, 9.17) is 0 Å². The molecule has 0 aromatic carbocycles. The molecule has 0 unspecified atom stereocenters. The monoisotopic (exact) mass is 277 g/mol. The lowest BCUT2D eigenvalue weighted by atomic mass is 10.1. The van der Waals surface area contributed by atoms with E-state index in [9.17, 15) is 4.79 Å². The molecule has 1 aliphatic heterocycles. The summed E-state index contributed by atoms with van der Waals surface area (Å²) < 4.78 is 1.79. The van der Waals surface area contributed by atoms with Crippen LogP contribution in [0.3, 0.4) is 0 Å². The Morgan fingerprint density at radius 2 is 2.42 bits per heavy atom. The Hall–Kier alpha value is -1.73. The van der Waals surface area contributed by atoms with E-state index in [1.54, 1.807) is 22.3 Å². The van der Waals surface area contributed by atoms with Crippen LogP contribution >= 0.6 is 11.3 Å². The number of carbonyl (C=O) groups excluding carboxylic acids is 1. The summed E-state index contributed by atoms with van der Waals surface area (Å²) in [5.41, 5.74) is 0. The lowest BCUT2D eigenvalue weighted by Crippen LogP contribution is -2.50. The Labute approximate surface area is 115 Å². The fraction of sp³-hybridized carbons (Fsp3) is 0.417. The van der Waals surface area contributed by atoms with Crippen LogP contribution in [0.25, 0.3) is 0 Å². The van der Waals surface area contributed by atoms with E-state index in [2.05, 4.69) is 20.3 Å². The van der Waals surface area contributed by atoms with Crippen molar-refractivity contribution in [1.29, 1.82) is 0 Å². The van der Waals surface area contributed by atoms with Gasteiger partial charge in [-0.25, -0.2) is 4.98 Å². The van der Waals surface area contributed by atoms with Crippen LogP contribution in [-0.4, -0.2) is 45.2 Å². The van der Waals surface area contributed by atoms with E-state index in [0.29, 0.717) is 6.54 Å². The third-order valence-electron chi connectivity index (χ3n) is 3.21. The lowest BCUT2D eigenvalue weighted by Gasteiger charge is -2.34. The molecule has 3 rings (SSSR count). The summed E-state index contributed by atoms with van der Waals surface area (Å²) >= 11 is 1.62. The quantitative estimate of drug-likeness (QED) is 0.884. The fourth-order valence-corrected chi connectivity index (χ4v) is 3.15. The maximum Gasteiger partial charge on any atom is 0.242 e. The molecule has 1 saturated heterocycles. The van der Waals surface area contributed by atoms with Gasteiger partial charge in [-0.05, 0) is 11.4 Å². The number of rotatable bonds is 4. The molecule has 1 fully saturated rings. The van der Waals surface area contributed by atoms with Gasteiger partial charge in [-0.15, -0.1) is 11.3 Å². The predicted molar refractivity (Wildman–Crippen MR) is 71.7 cm³/mol. The largest absolute Gasteiger partial charge is 0.353 e. The van der Waals surface area contributed by atoms with Crippen LogP contribution in [-0.2, 0) is 11.3 Å². The van der Waals surface area contributed by atoms with Crippen LogP contribution in [0.4, 0.5) is 0 Å². The van der Waals surface area contributed by atoms with Crippen molar-refractivity contribution >= 4 is 17.2 Å². The molecule has 2 aromatic heterocycles. The molecule has 100 valence electrons. The summed E-state index contributed by atoms with van der Waals surface area (Å²) in [7, 11) is 0. The van der Waals surface area contributed by atoms with Gasteiger partial charge in [-0.3, -0.25) is 14.4 Å². The van der Waals surface area contributed by atoms with Crippen molar-refractivity contribution in [3.63, 3.8) is 0 Å². The smallest absolute Gasteiger partial charge is 0.242 e. The van der Waals surface area contributed by atoms with E-state index >= 15 is 0 Å². The fourth-order valence-electron chi connectivity index (χ4n) is 2.29. The van der Waals surface area contributed by atoms with E-state index in [1.807, 2.05) is 17.5 Å². The molecule has 3 heterocycles. The Morgan fingerprint density at radius 3 is 3.16 bits per heavy atom. The molecule has 0 saturated carbocycles. The molecular formula is C12H15N5OS. The minimum Gasteiger partial charge on any atom is -0.353 e. The standard InChI is InChI=1S/C12H15N5OS/c18-12-11(10-2-1-7-19-10)16(4-3-14-12)5-6-17-9-13-8-15-17/h1-2,7-9,11H,3-6H2,(H,14,18)/t11-/m1/s1. The molecule has 19 heavy (non-hydrogen) atoms. The van der Waals surface area contributed by atoms with Crippen LogP contribution in [0.2, 0.25) is 0 Å². The zero-order chi connectivity index (χ0) is 13.1. The van der Waals surface area contributed by atoms with Gasteiger partial charge in [0.15, 0.2) is 0 Å². The SMILES string of the molecule is O=C1NCCN(CCn2cncn2)[C@@H]1c1cccs1. The number of piperazine rings is 1.